The quantitative estimate of drug-likeness (QED) is 0.607. The molecule has 0 bridgehead atoms. The van der Waals surface area contributed by atoms with Gasteiger partial charge < -0.3 is 9.47 Å². The van der Waals surface area contributed by atoms with Crippen molar-refractivity contribution in [2.45, 2.75) is 13.5 Å². The maximum absolute atomic E-state index is 12.3. The molecule has 7 heteroatoms. The first kappa shape index (κ1) is 14.6. The van der Waals surface area contributed by atoms with E-state index in [4.69, 9.17) is 10.00 Å². The van der Waals surface area contributed by atoms with Gasteiger partial charge in [0.2, 0.25) is 0 Å². The molecule has 0 saturated heterocycles. The summed E-state index contributed by atoms with van der Waals surface area (Å²) in [5, 5.41) is 8.86. The van der Waals surface area contributed by atoms with Crippen LogP contribution in [0.4, 0.5) is 8.78 Å². The van der Waals surface area contributed by atoms with Gasteiger partial charge in [0.1, 0.15) is 11.6 Å². The molecule has 4 nitrogen and oxygen atoms in total. The Morgan fingerprint density at radius 3 is 2.72 bits per heavy atom. The summed E-state index contributed by atoms with van der Waals surface area (Å²) in [5.41, 5.74) is -0.314. The normalized spacial score (nSPS) is 10.0. The molecule has 18 heavy (non-hydrogen) atoms. The molecule has 0 atom stereocenters. The van der Waals surface area contributed by atoms with Crippen molar-refractivity contribution < 1.29 is 23.0 Å². The van der Waals surface area contributed by atoms with Gasteiger partial charge in [0.15, 0.2) is 5.75 Å². The molecule has 0 aliphatic heterocycles. The van der Waals surface area contributed by atoms with E-state index in [0.29, 0.717) is 3.57 Å². The zero-order chi connectivity index (χ0) is 13.7. The molecule has 1 rings (SSSR count). The highest BCUT2D eigenvalue weighted by atomic mass is 127. The molecule has 0 aliphatic carbocycles. The van der Waals surface area contributed by atoms with Gasteiger partial charge in [-0.1, -0.05) is 0 Å². The topological polar surface area (TPSA) is 59.3 Å². The standard InChI is InChI=1S/C11H8F2INO3/c1-2-17-10(16)8-4-7(14)3-6(5-15)9(8)18-11(12)13/h3-4,11H,2H2,1H3. The number of benzene rings is 1. The Balaban J connectivity index is 3.33. The summed E-state index contributed by atoms with van der Waals surface area (Å²) < 4.78 is 34.1. The Hall–Kier alpha value is -1.43. The van der Waals surface area contributed by atoms with E-state index in [1.54, 1.807) is 13.0 Å². The van der Waals surface area contributed by atoms with Crippen LogP contribution < -0.4 is 4.74 Å². The van der Waals surface area contributed by atoms with Gasteiger partial charge in [0, 0.05) is 3.57 Å². The van der Waals surface area contributed by atoms with Gasteiger partial charge in [-0.25, -0.2) is 4.79 Å². The van der Waals surface area contributed by atoms with E-state index in [9.17, 15) is 13.6 Å². The predicted molar refractivity (Wildman–Crippen MR) is 66.5 cm³/mol. The van der Waals surface area contributed by atoms with E-state index in [2.05, 4.69) is 4.74 Å². The van der Waals surface area contributed by atoms with Crippen LogP contribution in [-0.4, -0.2) is 19.2 Å². The molecule has 0 N–H and O–H groups in total. The lowest BCUT2D eigenvalue weighted by molar-refractivity contribution is -0.0506. The van der Waals surface area contributed by atoms with E-state index < -0.39 is 18.3 Å². The van der Waals surface area contributed by atoms with Crippen LogP contribution >= 0.6 is 22.6 Å². The van der Waals surface area contributed by atoms with E-state index in [1.165, 1.54) is 12.1 Å². The van der Waals surface area contributed by atoms with Crippen LogP contribution in [0.15, 0.2) is 12.1 Å². The molecule has 0 amide bonds. The Morgan fingerprint density at radius 2 is 2.22 bits per heavy atom. The highest BCUT2D eigenvalue weighted by Crippen LogP contribution is 2.28. The fourth-order valence-electron chi connectivity index (χ4n) is 1.25. The van der Waals surface area contributed by atoms with Gasteiger partial charge in [-0.05, 0) is 41.6 Å². The van der Waals surface area contributed by atoms with Crippen molar-refractivity contribution in [1.82, 2.24) is 0 Å². The first-order chi connectivity index (χ1) is 8.49. The van der Waals surface area contributed by atoms with Crippen LogP contribution in [0.1, 0.15) is 22.8 Å². The van der Waals surface area contributed by atoms with Gasteiger partial charge in [0.05, 0.1) is 12.2 Å². The number of rotatable bonds is 4. The number of esters is 1. The second kappa shape index (κ2) is 6.49. The summed E-state index contributed by atoms with van der Waals surface area (Å²) in [6, 6.07) is 4.39. The Morgan fingerprint density at radius 1 is 1.56 bits per heavy atom. The summed E-state index contributed by atoms with van der Waals surface area (Å²) in [7, 11) is 0. The Bertz CT molecular complexity index is 500. The third-order valence-corrected chi connectivity index (χ3v) is 2.50. The molecule has 0 aliphatic rings. The first-order valence-electron chi connectivity index (χ1n) is 4.85. The van der Waals surface area contributed by atoms with Crippen LogP contribution in [-0.2, 0) is 4.74 Å². The van der Waals surface area contributed by atoms with Crippen molar-refractivity contribution in [3.05, 3.63) is 26.8 Å². The van der Waals surface area contributed by atoms with Crippen molar-refractivity contribution in [3.63, 3.8) is 0 Å². The molecule has 0 unspecified atom stereocenters. The minimum Gasteiger partial charge on any atom is -0.462 e. The van der Waals surface area contributed by atoms with Crippen LogP contribution in [0.25, 0.3) is 0 Å². The maximum Gasteiger partial charge on any atom is 0.387 e. The van der Waals surface area contributed by atoms with Crippen molar-refractivity contribution in [2.24, 2.45) is 0 Å². The van der Waals surface area contributed by atoms with Crippen LogP contribution in [0.3, 0.4) is 0 Å². The van der Waals surface area contributed by atoms with Crippen LogP contribution in [0.5, 0.6) is 5.75 Å². The zero-order valence-electron chi connectivity index (χ0n) is 9.25. The van der Waals surface area contributed by atoms with Gasteiger partial charge in [-0.2, -0.15) is 14.0 Å². The zero-order valence-corrected chi connectivity index (χ0v) is 11.4. The van der Waals surface area contributed by atoms with Crippen molar-refractivity contribution in [2.75, 3.05) is 6.61 Å². The van der Waals surface area contributed by atoms with Gasteiger partial charge in [-0.15, -0.1) is 0 Å². The minimum atomic E-state index is -3.12. The maximum atomic E-state index is 12.3. The number of carbonyl (C=O) groups excluding carboxylic acids is 1. The second-order valence-electron chi connectivity index (χ2n) is 3.04. The van der Waals surface area contributed by atoms with Gasteiger partial charge in [-0.3, -0.25) is 0 Å². The lowest BCUT2D eigenvalue weighted by atomic mass is 10.1. The first-order valence-corrected chi connectivity index (χ1v) is 5.93. The number of nitriles is 1. The molecule has 0 radical (unpaired) electrons. The fourth-order valence-corrected chi connectivity index (χ4v) is 1.88. The molecule has 0 aromatic heterocycles. The SMILES string of the molecule is CCOC(=O)c1cc(I)cc(C#N)c1OC(F)F. The lowest BCUT2D eigenvalue weighted by Gasteiger charge is -2.12. The Labute approximate surface area is 116 Å². The molecule has 1 aromatic carbocycles. The minimum absolute atomic E-state index is 0.0975. The number of hydrogen-bond acceptors (Lipinski definition) is 4. The number of alkyl halides is 2. The van der Waals surface area contributed by atoms with E-state index in [0.717, 1.165) is 0 Å². The van der Waals surface area contributed by atoms with Crippen molar-refractivity contribution in [1.29, 1.82) is 5.26 Å². The summed E-state index contributed by atoms with van der Waals surface area (Å²) in [5.74, 6) is -1.26. The van der Waals surface area contributed by atoms with Gasteiger partial charge in [0.25, 0.3) is 0 Å². The number of carbonyl (C=O) groups is 1. The van der Waals surface area contributed by atoms with Crippen LogP contribution in [0, 0.1) is 14.9 Å². The highest BCUT2D eigenvalue weighted by Gasteiger charge is 2.21. The molecule has 96 valence electrons. The summed E-state index contributed by atoms with van der Waals surface area (Å²) >= 11 is 1.86. The average molecular weight is 367 g/mol. The predicted octanol–water partition coefficient (Wildman–Crippen LogP) is 2.94. The third kappa shape index (κ3) is 3.53. The molecular weight excluding hydrogens is 359 g/mol. The lowest BCUT2D eigenvalue weighted by Crippen LogP contribution is -2.12. The fraction of sp³-hybridized carbons (Fsp3) is 0.273. The number of ether oxygens (including phenoxy) is 2. The molecule has 0 spiro atoms. The van der Waals surface area contributed by atoms with Gasteiger partial charge >= 0.3 is 12.6 Å². The van der Waals surface area contributed by atoms with E-state index >= 15 is 0 Å². The molecule has 0 heterocycles. The molecule has 0 fully saturated rings. The molecular formula is C11H8F2INO3. The van der Waals surface area contributed by atoms with Crippen molar-refractivity contribution >= 4 is 28.6 Å². The molecule has 0 saturated carbocycles. The Kier molecular flexibility index (Phi) is 5.27. The molecule has 1 aromatic rings. The average Bonchev–Trinajstić information content (AvgIpc) is 2.30. The number of halogens is 3. The summed E-state index contributed by atoms with van der Waals surface area (Å²) in [4.78, 5) is 11.6. The highest BCUT2D eigenvalue weighted by molar-refractivity contribution is 14.1. The van der Waals surface area contributed by atoms with Crippen molar-refractivity contribution in [3.8, 4) is 11.8 Å². The summed E-state index contributed by atoms with van der Waals surface area (Å²) in [6.07, 6.45) is 0. The monoisotopic (exact) mass is 367 g/mol. The van der Waals surface area contributed by atoms with E-state index in [-0.39, 0.29) is 17.7 Å². The third-order valence-electron chi connectivity index (χ3n) is 1.88. The summed E-state index contributed by atoms with van der Waals surface area (Å²) in [6.45, 7) is -1.43. The number of hydrogen-bond donors (Lipinski definition) is 0. The second-order valence-corrected chi connectivity index (χ2v) is 4.29. The number of nitrogens with zero attached hydrogens (tertiary/aromatic N) is 1. The van der Waals surface area contributed by atoms with E-state index in [1.807, 2.05) is 22.6 Å². The smallest absolute Gasteiger partial charge is 0.387 e. The van der Waals surface area contributed by atoms with Crippen LogP contribution in [0.2, 0.25) is 0 Å². The largest absolute Gasteiger partial charge is 0.462 e.